The van der Waals surface area contributed by atoms with Crippen molar-refractivity contribution in [3.63, 3.8) is 0 Å². The second-order valence-electron chi connectivity index (χ2n) is 6.46. The van der Waals surface area contributed by atoms with E-state index in [0.29, 0.717) is 13.1 Å². The smallest absolute Gasteiger partial charge is 0.410 e. The van der Waals surface area contributed by atoms with Gasteiger partial charge in [-0.25, -0.2) is 9.59 Å². The number of nitrogens with one attached hydrogen (secondary N) is 1. The van der Waals surface area contributed by atoms with Gasteiger partial charge in [0.1, 0.15) is 5.60 Å². The summed E-state index contributed by atoms with van der Waals surface area (Å²) in [6, 6.07) is 0.0194. The van der Waals surface area contributed by atoms with E-state index in [4.69, 9.17) is 4.74 Å². The molecule has 2 aliphatic rings. The minimum Gasteiger partial charge on any atom is -0.444 e. The van der Waals surface area contributed by atoms with Crippen LogP contribution in [-0.4, -0.2) is 71.3 Å². The SMILES string of the molecule is CC(C)(C)OC(=O)N1CCC(NC(=O)N2CCSCC2)C1. The van der Waals surface area contributed by atoms with Crippen LogP contribution in [-0.2, 0) is 4.74 Å². The first kappa shape index (κ1) is 16.3. The molecule has 2 fully saturated rings. The molecule has 120 valence electrons. The largest absolute Gasteiger partial charge is 0.444 e. The average molecular weight is 315 g/mol. The minimum absolute atomic E-state index is 0.00802. The van der Waals surface area contributed by atoms with Gasteiger partial charge in [-0.05, 0) is 27.2 Å². The van der Waals surface area contributed by atoms with Gasteiger partial charge in [0.2, 0.25) is 0 Å². The van der Waals surface area contributed by atoms with Gasteiger partial charge in [0.25, 0.3) is 0 Å². The van der Waals surface area contributed by atoms with Crippen LogP contribution in [0.1, 0.15) is 27.2 Å². The predicted octanol–water partition coefficient (Wildman–Crippen LogP) is 1.75. The Morgan fingerprint density at radius 1 is 1.14 bits per heavy atom. The maximum atomic E-state index is 12.1. The molecule has 0 radical (unpaired) electrons. The molecular formula is C14H25N3O3S. The summed E-state index contributed by atoms with van der Waals surface area (Å²) < 4.78 is 5.35. The lowest BCUT2D eigenvalue weighted by Crippen LogP contribution is -2.48. The molecule has 7 heteroatoms. The van der Waals surface area contributed by atoms with Crippen LogP contribution in [0.25, 0.3) is 0 Å². The molecule has 6 nitrogen and oxygen atoms in total. The molecule has 2 rings (SSSR count). The molecule has 1 atom stereocenters. The highest BCUT2D eigenvalue weighted by Crippen LogP contribution is 2.16. The molecule has 2 heterocycles. The third-order valence-electron chi connectivity index (χ3n) is 3.47. The Bertz CT molecular complexity index is 391. The lowest BCUT2D eigenvalue weighted by Gasteiger charge is -2.28. The van der Waals surface area contributed by atoms with Crippen molar-refractivity contribution in [3.8, 4) is 0 Å². The van der Waals surface area contributed by atoms with Crippen LogP contribution >= 0.6 is 11.8 Å². The molecule has 0 spiro atoms. The zero-order valence-corrected chi connectivity index (χ0v) is 13.9. The van der Waals surface area contributed by atoms with Gasteiger partial charge in [-0.2, -0.15) is 11.8 Å². The Morgan fingerprint density at radius 2 is 1.81 bits per heavy atom. The number of hydrogen-bond donors (Lipinski definition) is 1. The lowest BCUT2D eigenvalue weighted by molar-refractivity contribution is 0.0291. The molecule has 0 aliphatic carbocycles. The van der Waals surface area contributed by atoms with Crippen molar-refractivity contribution in [2.75, 3.05) is 37.7 Å². The maximum Gasteiger partial charge on any atom is 0.410 e. The van der Waals surface area contributed by atoms with E-state index in [-0.39, 0.29) is 18.2 Å². The topological polar surface area (TPSA) is 61.9 Å². The molecule has 2 saturated heterocycles. The van der Waals surface area contributed by atoms with Gasteiger partial charge in [-0.1, -0.05) is 0 Å². The number of carbonyl (C=O) groups is 2. The van der Waals surface area contributed by atoms with Gasteiger partial charge >= 0.3 is 12.1 Å². The zero-order chi connectivity index (χ0) is 15.5. The highest BCUT2D eigenvalue weighted by atomic mass is 32.2. The number of likely N-dealkylation sites (tertiary alicyclic amines) is 1. The van der Waals surface area contributed by atoms with E-state index in [1.165, 1.54) is 0 Å². The first-order valence-electron chi connectivity index (χ1n) is 7.46. The second-order valence-corrected chi connectivity index (χ2v) is 7.69. The van der Waals surface area contributed by atoms with Crippen LogP contribution in [0.5, 0.6) is 0 Å². The summed E-state index contributed by atoms with van der Waals surface area (Å²) in [5, 5.41) is 3.02. The van der Waals surface area contributed by atoms with E-state index in [9.17, 15) is 9.59 Å². The molecule has 21 heavy (non-hydrogen) atoms. The number of thioether (sulfide) groups is 1. The van der Waals surface area contributed by atoms with E-state index in [2.05, 4.69) is 5.32 Å². The molecule has 0 saturated carbocycles. The standard InChI is InChI=1S/C14H25N3O3S/c1-14(2,3)20-13(19)17-5-4-11(10-17)15-12(18)16-6-8-21-9-7-16/h11H,4-10H2,1-3H3,(H,15,18). The summed E-state index contributed by atoms with van der Waals surface area (Å²) in [4.78, 5) is 27.6. The number of rotatable bonds is 1. The molecule has 1 unspecified atom stereocenters. The minimum atomic E-state index is -0.482. The van der Waals surface area contributed by atoms with Crippen molar-refractivity contribution < 1.29 is 14.3 Å². The van der Waals surface area contributed by atoms with E-state index in [1.807, 2.05) is 37.4 Å². The van der Waals surface area contributed by atoms with Crippen molar-refractivity contribution in [3.05, 3.63) is 0 Å². The molecule has 1 N–H and O–H groups in total. The third-order valence-corrected chi connectivity index (χ3v) is 4.41. The van der Waals surface area contributed by atoms with Crippen LogP contribution in [0, 0.1) is 0 Å². The predicted molar refractivity (Wildman–Crippen MR) is 83.6 cm³/mol. The van der Waals surface area contributed by atoms with E-state index < -0.39 is 5.60 Å². The monoisotopic (exact) mass is 315 g/mol. The second kappa shape index (κ2) is 6.77. The highest BCUT2D eigenvalue weighted by molar-refractivity contribution is 7.99. The quantitative estimate of drug-likeness (QED) is 0.801. The summed E-state index contributed by atoms with van der Waals surface area (Å²) in [6.07, 6.45) is 0.488. The highest BCUT2D eigenvalue weighted by Gasteiger charge is 2.31. The Hall–Kier alpha value is -1.11. The van der Waals surface area contributed by atoms with Crippen molar-refractivity contribution in [2.45, 2.75) is 38.8 Å². The number of urea groups is 1. The van der Waals surface area contributed by atoms with Gasteiger partial charge < -0.3 is 19.9 Å². The fourth-order valence-electron chi connectivity index (χ4n) is 2.40. The fourth-order valence-corrected chi connectivity index (χ4v) is 3.31. The summed E-state index contributed by atoms with van der Waals surface area (Å²) in [5.74, 6) is 2.00. The van der Waals surface area contributed by atoms with Crippen molar-refractivity contribution in [1.82, 2.24) is 15.1 Å². The van der Waals surface area contributed by atoms with Crippen LogP contribution in [0.15, 0.2) is 0 Å². The number of nitrogens with zero attached hydrogens (tertiary/aromatic N) is 2. The molecule has 0 aromatic carbocycles. The Kier molecular flexibility index (Phi) is 5.24. The van der Waals surface area contributed by atoms with E-state index in [1.54, 1.807) is 4.90 Å². The zero-order valence-electron chi connectivity index (χ0n) is 13.1. The van der Waals surface area contributed by atoms with Crippen LogP contribution < -0.4 is 5.32 Å². The Balaban J connectivity index is 1.77. The van der Waals surface area contributed by atoms with Crippen LogP contribution in [0.3, 0.4) is 0 Å². The lowest BCUT2D eigenvalue weighted by atomic mass is 10.2. The van der Waals surface area contributed by atoms with Gasteiger partial charge in [-0.15, -0.1) is 0 Å². The molecule has 0 bridgehead atoms. The number of amides is 3. The molecule has 0 aromatic heterocycles. The third kappa shape index (κ3) is 4.98. The Labute approximate surface area is 130 Å². The number of ether oxygens (including phenoxy) is 1. The average Bonchev–Trinajstić information content (AvgIpc) is 2.86. The summed E-state index contributed by atoms with van der Waals surface area (Å²) in [7, 11) is 0. The molecule has 2 aliphatic heterocycles. The van der Waals surface area contributed by atoms with Crippen molar-refractivity contribution >= 4 is 23.9 Å². The number of hydrogen-bond acceptors (Lipinski definition) is 4. The first-order chi connectivity index (χ1) is 9.85. The maximum absolute atomic E-state index is 12.1. The number of carbonyl (C=O) groups excluding carboxylic acids is 2. The first-order valence-corrected chi connectivity index (χ1v) is 8.62. The van der Waals surface area contributed by atoms with Crippen molar-refractivity contribution in [2.24, 2.45) is 0 Å². The molecular weight excluding hydrogens is 290 g/mol. The fraction of sp³-hybridized carbons (Fsp3) is 0.857. The van der Waals surface area contributed by atoms with Gasteiger partial charge in [-0.3, -0.25) is 0 Å². The normalized spacial score (nSPS) is 23.1. The molecule has 3 amide bonds. The van der Waals surface area contributed by atoms with Crippen LogP contribution in [0.2, 0.25) is 0 Å². The van der Waals surface area contributed by atoms with Gasteiger partial charge in [0.05, 0.1) is 0 Å². The van der Waals surface area contributed by atoms with Gasteiger partial charge in [0.15, 0.2) is 0 Å². The van der Waals surface area contributed by atoms with Crippen LogP contribution in [0.4, 0.5) is 9.59 Å². The van der Waals surface area contributed by atoms with Gasteiger partial charge in [0, 0.05) is 43.7 Å². The van der Waals surface area contributed by atoms with Crippen molar-refractivity contribution in [1.29, 1.82) is 0 Å². The summed E-state index contributed by atoms with van der Waals surface area (Å²) in [5.41, 5.74) is -0.482. The summed E-state index contributed by atoms with van der Waals surface area (Å²) in [6.45, 7) is 8.34. The Morgan fingerprint density at radius 3 is 2.43 bits per heavy atom. The van der Waals surface area contributed by atoms with E-state index in [0.717, 1.165) is 31.0 Å². The molecule has 0 aromatic rings. The van der Waals surface area contributed by atoms with E-state index >= 15 is 0 Å². The summed E-state index contributed by atoms with van der Waals surface area (Å²) >= 11 is 1.88.